The number of aromatic amines is 1. The molecule has 3 heterocycles. The molecule has 0 aliphatic carbocycles. The third-order valence-electron chi connectivity index (χ3n) is 6.73. The van der Waals surface area contributed by atoms with Gasteiger partial charge in [-0.25, -0.2) is 0 Å². The van der Waals surface area contributed by atoms with Gasteiger partial charge < -0.3 is 9.72 Å². The zero-order valence-corrected chi connectivity index (χ0v) is 18.3. The number of H-pyrrole nitrogens is 1. The number of rotatable bonds is 5. The molecule has 3 atom stereocenters. The minimum atomic E-state index is -0.0720. The third-order valence-corrected chi connectivity index (χ3v) is 6.73. The van der Waals surface area contributed by atoms with Gasteiger partial charge in [0.1, 0.15) is 0 Å². The summed E-state index contributed by atoms with van der Waals surface area (Å²) < 4.78 is 5.87. The molecule has 0 bridgehead atoms. The summed E-state index contributed by atoms with van der Waals surface area (Å²) in [5.41, 5.74) is 2.90. The standard InChI is InChI=1S/C24H35N3O2/c1-16-13-26(14-17(2)29-16)15-20-9-11-27(12-10-20)19(4)24(28)23-18(3)25-22-8-6-5-7-21(22)23/h5-8,16-17,19-20,25H,9-15H2,1-4H3. The Morgan fingerprint density at radius 3 is 2.52 bits per heavy atom. The smallest absolute Gasteiger partial charge is 0.182 e. The van der Waals surface area contributed by atoms with Crippen LogP contribution in [0, 0.1) is 12.8 Å². The number of piperidine rings is 1. The lowest BCUT2D eigenvalue weighted by Crippen LogP contribution is -2.49. The molecule has 4 rings (SSSR count). The fourth-order valence-corrected chi connectivity index (χ4v) is 5.29. The van der Waals surface area contributed by atoms with Gasteiger partial charge in [-0.2, -0.15) is 0 Å². The Morgan fingerprint density at radius 1 is 1.17 bits per heavy atom. The number of ketones is 1. The summed E-state index contributed by atoms with van der Waals surface area (Å²) in [5.74, 6) is 0.968. The molecule has 29 heavy (non-hydrogen) atoms. The number of nitrogens with one attached hydrogen (secondary N) is 1. The van der Waals surface area contributed by atoms with Crippen LogP contribution in [0.3, 0.4) is 0 Å². The monoisotopic (exact) mass is 397 g/mol. The Balaban J connectivity index is 1.35. The van der Waals surface area contributed by atoms with Crippen molar-refractivity contribution in [3.63, 3.8) is 0 Å². The second kappa shape index (κ2) is 8.58. The minimum absolute atomic E-state index is 0.0720. The summed E-state index contributed by atoms with van der Waals surface area (Å²) in [5, 5.41) is 1.05. The van der Waals surface area contributed by atoms with Gasteiger partial charge in [0.2, 0.25) is 0 Å². The SMILES string of the molecule is Cc1[nH]c2ccccc2c1C(=O)C(C)N1CCC(CN2CC(C)OC(C)C2)CC1. The maximum Gasteiger partial charge on any atom is 0.182 e. The molecule has 5 nitrogen and oxygen atoms in total. The first kappa shape index (κ1) is 20.6. The van der Waals surface area contributed by atoms with E-state index in [1.54, 1.807) is 0 Å². The summed E-state index contributed by atoms with van der Waals surface area (Å²) in [6.45, 7) is 13.7. The number of morpholine rings is 1. The number of aryl methyl sites for hydroxylation is 1. The molecule has 0 amide bonds. The minimum Gasteiger partial charge on any atom is -0.373 e. The number of aromatic nitrogens is 1. The highest BCUT2D eigenvalue weighted by atomic mass is 16.5. The highest BCUT2D eigenvalue weighted by molar-refractivity contribution is 6.11. The molecule has 5 heteroatoms. The summed E-state index contributed by atoms with van der Waals surface area (Å²) >= 11 is 0. The first-order valence-corrected chi connectivity index (χ1v) is 11.2. The molecule has 158 valence electrons. The number of fused-ring (bicyclic) bond motifs is 1. The lowest BCUT2D eigenvalue weighted by Gasteiger charge is -2.40. The molecule has 2 aromatic rings. The van der Waals surface area contributed by atoms with Crippen molar-refractivity contribution in [2.24, 2.45) is 5.92 Å². The number of carbonyl (C=O) groups excluding carboxylic acids is 1. The summed E-state index contributed by atoms with van der Waals surface area (Å²) in [6.07, 6.45) is 3.00. The van der Waals surface area contributed by atoms with Gasteiger partial charge in [-0.05, 0) is 65.6 Å². The second-order valence-corrected chi connectivity index (χ2v) is 9.17. The van der Waals surface area contributed by atoms with Crippen LogP contribution in [0.4, 0.5) is 0 Å². The Bertz CT molecular complexity index is 843. The van der Waals surface area contributed by atoms with Crippen LogP contribution in [-0.2, 0) is 4.74 Å². The van der Waals surface area contributed by atoms with Crippen molar-refractivity contribution >= 4 is 16.7 Å². The van der Waals surface area contributed by atoms with Gasteiger partial charge in [0.25, 0.3) is 0 Å². The van der Waals surface area contributed by atoms with E-state index in [0.717, 1.165) is 60.8 Å². The molecule has 1 aromatic heterocycles. The van der Waals surface area contributed by atoms with E-state index in [9.17, 15) is 4.79 Å². The van der Waals surface area contributed by atoms with Crippen LogP contribution < -0.4 is 0 Å². The van der Waals surface area contributed by atoms with Crippen LogP contribution in [0.1, 0.15) is 49.7 Å². The van der Waals surface area contributed by atoms with E-state index in [4.69, 9.17) is 4.74 Å². The maximum absolute atomic E-state index is 13.3. The first-order chi connectivity index (χ1) is 13.9. The van der Waals surface area contributed by atoms with E-state index in [1.165, 1.54) is 12.8 Å². The average Bonchev–Trinajstić information content (AvgIpc) is 3.02. The van der Waals surface area contributed by atoms with E-state index in [-0.39, 0.29) is 11.8 Å². The molecule has 1 aromatic carbocycles. The molecule has 3 unspecified atom stereocenters. The zero-order valence-electron chi connectivity index (χ0n) is 18.3. The van der Waals surface area contributed by atoms with Crippen molar-refractivity contribution in [1.29, 1.82) is 0 Å². The van der Waals surface area contributed by atoms with Crippen LogP contribution in [0.25, 0.3) is 10.9 Å². The Kier molecular flexibility index (Phi) is 6.09. The molecule has 1 N–H and O–H groups in total. The largest absolute Gasteiger partial charge is 0.373 e. The fraction of sp³-hybridized carbons (Fsp3) is 0.625. The Labute approximate surface area is 174 Å². The number of likely N-dealkylation sites (tertiary alicyclic amines) is 1. The van der Waals surface area contributed by atoms with Crippen LogP contribution in [0.15, 0.2) is 24.3 Å². The van der Waals surface area contributed by atoms with Gasteiger partial charge in [0.15, 0.2) is 5.78 Å². The summed E-state index contributed by atoms with van der Waals surface area (Å²) in [6, 6.07) is 8.04. The molecule has 2 saturated heterocycles. The molecule has 2 fully saturated rings. The van der Waals surface area contributed by atoms with E-state index >= 15 is 0 Å². The van der Waals surface area contributed by atoms with E-state index < -0.39 is 0 Å². The number of carbonyl (C=O) groups is 1. The Morgan fingerprint density at radius 2 is 1.83 bits per heavy atom. The number of hydrogen-bond acceptors (Lipinski definition) is 4. The molecular weight excluding hydrogens is 362 g/mol. The lowest BCUT2D eigenvalue weighted by molar-refractivity contribution is -0.0733. The van der Waals surface area contributed by atoms with Crippen LogP contribution >= 0.6 is 0 Å². The number of benzene rings is 1. The van der Waals surface area contributed by atoms with Crippen molar-refractivity contribution < 1.29 is 9.53 Å². The van der Waals surface area contributed by atoms with Crippen molar-refractivity contribution in [3.05, 3.63) is 35.5 Å². The lowest BCUT2D eigenvalue weighted by atomic mass is 9.93. The van der Waals surface area contributed by atoms with E-state index in [0.29, 0.717) is 12.2 Å². The summed E-state index contributed by atoms with van der Waals surface area (Å²) in [4.78, 5) is 21.6. The van der Waals surface area contributed by atoms with Gasteiger partial charge in [0.05, 0.1) is 18.2 Å². The number of nitrogens with zero attached hydrogens (tertiary/aromatic N) is 2. The predicted octanol–water partition coefficient (Wildman–Crippen LogP) is 3.87. The second-order valence-electron chi connectivity index (χ2n) is 9.17. The molecule has 0 saturated carbocycles. The average molecular weight is 398 g/mol. The van der Waals surface area contributed by atoms with Gasteiger partial charge in [-0.1, -0.05) is 18.2 Å². The van der Waals surface area contributed by atoms with Crippen molar-refractivity contribution in [1.82, 2.24) is 14.8 Å². The van der Waals surface area contributed by atoms with Crippen molar-refractivity contribution in [2.45, 2.75) is 58.8 Å². The van der Waals surface area contributed by atoms with Crippen LogP contribution in [0.5, 0.6) is 0 Å². The topological polar surface area (TPSA) is 48.6 Å². The van der Waals surface area contributed by atoms with Crippen molar-refractivity contribution in [3.8, 4) is 0 Å². The number of ether oxygens (including phenoxy) is 1. The van der Waals surface area contributed by atoms with Crippen LogP contribution in [0.2, 0.25) is 0 Å². The molecule has 0 spiro atoms. The highest BCUT2D eigenvalue weighted by Gasteiger charge is 2.31. The van der Waals surface area contributed by atoms with Gasteiger partial charge >= 0.3 is 0 Å². The molecule has 2 aliphatic heterocycles. The quantitative estimate of drug-likeness (QED) is 0.778. The normalized spacial score (nSPS) is 26.1. The molecular formula is C24H35N3O2. The van der Waals surface area contributed by atoms with Gasteiger partial charge in [0, 0.05) is 41.8 Å². The number of para-hydroxylation sites is 1. The van der Waals surface area contributed by atoms with Gasteiger partial charge in [-0.15, -0.1) is 0 Å². The maximum atomic E-state index is 13.3. The number of Topliss-reactive ketones (excluding diaryl/α,β-unsaturated/α-hetero) is 1. The number of hydrogen-bond donors (Lipinski definition) is 1. The first-order valence-electron chi connectivity index (χ1n) is 11.2. The fourth-order valence-electron chi connectivity index (χ4n) is 5.29. The third kappa shape index (κ3) is 4.42. The summed E-state index contributed by atoms with van der Waals surface area (Å²) in [7, 11) is 0. The molecule has 0 radical (unpaired) electrons. The Hall–Kier alpha value is -1.69. The van der Waals surface area contributed by atoms with Crippen LogP contribution in [-0.4, -0.2) is 71.5 Å². The highest BCUT2D eigenvalue weighted by Crippen LogP contribution is 2.27. The predicted molar refractivity (Wildman–Crippen MR) is 118 cm³/mol. The van der Waals surface area contributed by atoms with E-state index in [1.807, 2.05) is 25.1 Å². The van der Waals surface area contributed by atoms with Gasteiger partial charge in [-0.3, -0.25) is 14.6 Å². The van der Waals surface area contributed by atoms with E-state index in [2.05, 4.69) is 41.6 Å². The zero-order chi connectivity index (χ0) is 20.5. The van der Waals surface area contributed by atoms with Crippen molar-refractivity contribution in [2.75, 3.05) is 32.7 Å². The molecule has 2 aliphatic rings.